The van der Waals surface area contributed by atoms with Gasteiger partial charge in [0.15, 0.2) is 0 Å². The molecule has 78 valence electrons. The Labute approximate surface area is 91.2 Å². The summed E-state index contributed by atoms with van der Waals surface area (Å²) in [6.07, 6.45) is 6.33. The highest BCUT2D eigenvalue weighted by atomic mass is 15.3. The average Bonchev–Trinajstić information content (AvgIpc) is 3.03. The van der Waals surface area contributed by atoms with Crippen molar-refractivity contribution in [3.05, 3.63) is 49.6 Å². The first kappa shape index (κ1) is 8.78. The summed E-state index contributed by atoms with van der Waals surface area (Å²) in [6, 6.07) is 7.80. The van der Waals surface area contributed by atoms with Crippen LogP contribution in [-0.2, 0) is 0 Å². The first-order valence-electron chi connectivity index (χ1n) is 4.73. The van der Waals surface area contributed by atoms with Crippen LogP contribution < -0.4 is 0 Å². The number of nitrogens with zero attached hydrogens (tertiary/aromatic N) is 6. The highest BCUT2D eigenvalue weighted by molar-refractivity contribution is 5.39. The summed E-state index contributed by atoms with van der Waals surface area (Å²) in [5, 5.41) is 8.10. The quantitative estimate of drug-likeness (QED) is 0.631. The Bertz CT molecular complexity index is 499. The van der Waals surface area contributed by atoms with Crippen molar-refractivity contribution in [2.75, 3.05) is 0 Å². The van der Waals surface area contributed by atoms with Crippen molar-refractivity contribution in [2.24, 2.45) is 0 Å². The number of aromatic nitrogens is 6. The van der Waals surface area contributed by atoms with E-state index in [1.165, 1.54) is 12.7 Å². The Kier molecular flexibility index (Phi) is 1.96. The fourth-order valence-electron chi connectivity index (χ4n) is 1.44. The molecule has 6 heteroatoms. The van der Waals surface area contributed by atoms with E-state index in [-0.39, 0.29) is 0 Å². The van der Waals surface area contributed by atoms with Gasteiger partial charge in [-0.25, -0.2) is 19.3 Å². The lowest BCUT2D eigenvalue weighted by molar-refractivity contribution is 0.862. The summed E-state index contributed by atoms with van der Waals surface area (Å²) in [5.41, 5.74) is 1.92. The molecular formula is C10H8N6. The largest absolute Gasteiger partial charge is 0.223 e. The van der Waals surface area contributed by atoms with E-state index in [9.17, 15) is 0 Å². The molecule has 3 aromatic rings. The van der Waals surface area contributed by atoms with Gasteiger partial charge in [-0.1, -0.05) is 0 Å². The molecule has 0 saturated carbocycles. The van der Waals surface area contributed by atoms with E-state index in [1.54, 1.807) is 22.0 Å². The molecule has 0 unspecified atom stereocenters. The standard InChI is InChI=1S/C10H8N6/c1-2-10(16-8-12-6-14-16)4-3-9(1)15-7-11-5-13-15/h1-8H. The van der Waals surface area contributed by atoms with Crippen molar-refractivity contribution >= 4 is 0 Å². The summed E-state index contributed by atoms with van der Waals surface area (Å²) >= 11 is 0. The first-order chi connectivity index (χ1) is 7.93. The van der Waals surface area contributed by atoms with E-state index < -0.39 is 0 Å². The fourth-order valence-corrected chi connectivity index (χ4v) is 1.44. The Balaban J connectivity index is 1.97. The zero-order valence-corrected chi connectivity index (χ0v) is 8.30. The minimum atomic E-state index is 0.960. The lowest BCUT2D eigenvalue weighted by Crippen LogP contribution is -1.97. The normalized spacial score (nSPS) is 10.5. The zero-order chi connectivity index (χ0) is 10.8. The molecule has 0 saturated heterocycles. The first-order valence-corrected chi connectivity index (χ1v) is 4.73. The highest BCUT2D eigenvalue weighted by Gasteiger charge is 1.99. The van der Waals surface area contributed by atoms with Gasteiger partial charge in [0.1, 0.15) is 25.3 Å². The van der Waals surface area contributed by atoms with Gasteiger partial charge in [-0.05, 0) is 24.3 Å². The molecule has 2 aromatic heterocycles. The monoisotopic (exact) mass is 212 g/mol. The molecule has 0 aliphatic carbocycles. The number of benzene rings is 1. The van der Waals surface area contributed by atoms with Gasteiger partial charge in [0.05, 0.1) is 11.4 Å². The fraction of sp³-hybridized carbons (Fsp3) is 0. The van der Waals surface area contributed by atoms with Crippen LogP contribution >= 0.6 is 0 Å². The number of hydrogen-bond acceptors (Lipinski definition) is 4. The number of rotatable bonds is 2. The predicted octanol–water partition coefficient (Wildman–Crippen LogP) is 0.848. The van der Waals surface area contributed by atoms with Crippen LogP contribution in [0.1, 0.15) is 0 Å². The van der Waals surface area contributed by atoms with Gasteiger partial charge in [-0.15, -0.1) is 0 Å². The third-order valence-corrected chi connectivity index (χ3v) is 2.22. The topological polar surface area (TPSA) is 61.4 Å². The molecule has 0 fully saturated rings. The van der Waals surface area contributed by atoms with E-state index in [0.717, 1.165) is 11.4 Å². The molecule has 16 heavy (non-hydrogen) atoms. The van der Waals surface area contributed by atoms with Gasteiger partial charge in [-0.2, -0.15) is 10.2 Å². The average molecular weight is 212 g/mol. The maximum Gasteiger partial charge on any atom is 0.138 e. The summed E-state index contributed by atoms with van der Waals surface area (Å²) in [4.78, 5) is 7.79. The molecule has 0 bridgehead atoms. The molecule has 0 N–H and O–H groups in total. The SMILES string of the molecule is c1ncn(-c2ccc(-n3cncn3)cc2)n1. The molecule has 0 radical (unpaired) electrons. The van der Waals surface area contributed by atoms with Crippen molar-refractivity contribution in [3.8, 4) is 11.4 Å². The number of hydrogen-bond donors (Lipinski definition) is 0. The molecule has 0 amide bonds. The van der Waals surface area contributed by atoms with Crippen molar-refractivity contribution in [2.45, 2.75) is 0 Å². The molecule has 2 heterocycles. The van der Waals surface area contributed by atoms with E-state index in [4.69, 9.17) is 0 Å². The zero-order valence-electron chi connectivity index (χ0n) is 8.30. The third-order valence-electron chi connectivity index (χ3n) is 2.22. The maximum absolute atomic E-state index is 4.05. The third kappa shape index (κ3) is 1.46. The van der Waals surface area contributed by atoms with Crippen LogP contribution in [0.25, 0.3) is 11.4 Å². The van der Waals surface area contributed by atoms with Crippen molar-refractivity contribution in [1.82, 2.24) is 29.5 Å². The van der Waals surface area contributed by atoms with E-state index >= 15 is 0 Å². The van der Waals surface area contributed by atoms with Crippen molar-refractivity contribution in [1.29, 1.82) is 0 Å². The molecule has 3 rings (SSSR count). The highest BCUT2D eigenvalue weighted by Crippen LogP contribution is 2.10. The van der Waals surface area contributed by atoms with E-state index in [1.807, 2.05) is 24.3 Å². The second-order valence-electron chi connectivity index (χ2n) is 3.20. The van der Waals surface area contributed by atoms with Crippen LogP contribution in [-0.4, -0.2) is 29.5 Å². The lowest BCUT2D eigenvalue weighted by Gasteiger charge is -2.02. The molecule has 6 nitrogen and oxygen atoms in total. The van der Waals surface area contributed by atoms with Crippen LogP contribution in [0.2, 0.25) is 0 Å². The summed E-state index contributed by atoms with van der Waals surface area (Å²) < 4.78 is 3.40. The van der Waals surface area contributed by atoms with E-state index in [0.29, 0.717) is 0 Å². The molecular weight excluding hydrogens is 204 g/mol. The van der Waals surface area contributed by atoms with Crippen LogP contribution in [0.3, 0.4) is 0 Å². The van der Waals surface area contributed by atoms with Crippen LogP contribution in [0.5, 0.6) is 0 Å². The Morgan fingerprint density at radius 1 is 0.688 bits per heavy atom. The Hall–Kier alpha value is -2.50. The van der Waals surface area contributed by atoms with Crippen LogP contribution in [0.15, 0.2) is 49.6 Å². The van der Waals surface area contributed by atoms with Crippen molar-refractivity contribution < 1.29 is 0 Å². The minimum absolute atomic E-state index is 0.960. The van der Waals surface area contributed by atoms with Crippen molar-refractivity contribution in [3.63, 3.8) is 0 Å². The van der Waals surface area contributed by atoms with Crippen LogP contribution in [0.4, 0.5) is 0 Å². The summed E-state index contributed by atoms with van der Waals surface area (Å²) in [5.74, 6) is 0. The second kappa shape index (κ2) is 3.58. The second-order valence-corrected chi connectivity index (χ2v) is 3.20. The van der Waals surface area contributed by atoms with Gasteiger partial charge in [0.2, 0.25) is 0 Å². The molecule has 0 atom stereocenters. The maximum atomic E-state index is 4.05. The molecule has 1 aromatic carbocycles. The molecule has 0 aliphatic rings. The van der Waals surface area contributed by atoms with Gasteiger partial charge in [-0.3, -0.25) is 0 Å². The van der Waals surface area contributed by atoms with Gasteiger partial charge >= 0.3 is 0 Å². The molecule has 0 aliphatic heterocycles. The van der Waals surface area contributed by atoms with Gasteiger partial charge in [0.25, 0.3) is 0 Å². The minimum Gasteiger partial charge on any atom is -0.223 e. The predicted molar refractivity (Wildman–Crippen MR) is 56.3 cm³/mol. The summed E-state index contributed by atoms with van der Waals surface area (Å²) in [6.45, 7) is 0. The smallest absolute Gasteiger partial charge is 0.138 e. The molecule has 0 spiro atoms. The Morgan fingerprint density at radius 3 is 1.44 bits per heavy atom. The Morgan fingerprint density at radius 2 is 1.12 bits per heavy atom. The van der Waals surface area contributed by atoms with Crippen LogP contribution in [0, 0.1) is 0 Å². The van der Waals surface area contributed by atoms with Gasteiger partial charge < -0.3 is 0 Å². The van der Waals surface area contributed by atoms with E-state index in [2.05, 4.69) is 20.2 Å². The lowest BCUT2D eigenvalue weighted by atomic mass is 10.3. The van der Waals surface area contributed by atoms with Gasteiger partial charge in [0, 0.05) is 0 Å². The summed E-state index contributed by atoms with van der Waals surface area (Å²) in [7, 11) is 0.